The maximum atomic E-state index is 13.3. The molecule has 3 aliphatic heterocycles. The van der Waals surface area contributed by atoms with Gasteiger partial charge in [-0.1, -0.05) is 46.4 Å². The fourth-order valence-corrected chi connectivity index (χ4v) is 8.09. The Morgan fingerprint density at radius 1 is 0.674 bits per heavy atom. The summed E-state index contributed by atoms with van der Waals surface area (Å²) in [6.45, 7) is -1.53. The standard InChI is InChI=1S/C24H22Cl4N4O12P2/c25-9-1-13-15(3-11(9)27)31(7-29-13)23-20(34)21-18(42-23)6-40-46(37,38)44-22-19(33)17(5-39-45(35,36)43-21)41-24(22)32-8-30-14-2-10(26)12(28)4-16(14)32/h1-4,7-8,17-24,33-34H,5-6H2,(H,35,36)(H,37,38). The van der Waals surface area contributed by atoms with Gasteiger partial charge in [-0.25, -0.2) is 19.1 Å². The van der Waals surface area contributed by atoms with E-state index in [1.807, 2.05) is 0 Å². The van der Waals surface area contributed by atoms with Crippen LogP contribution >= 0.6 is 62.0 Å². The van der Waals surface area contributed by atoms with Gasteiger partial charge in [0, 0.05) is 0 Å². The van der Waals surface area contributed by atoms with Crippen LogP contribution in [-0.2, 0) is 36.7 Å². The number of aliphatic hydroxyl groups is 2. The van der Waals surface area contributed by atoms with E-state index in [-0.39, 0.29) is 20.1 Å². The van der Waals surface area contributed by atoms with Gasteiger partial charge < -0.3 is 38.6 Å². The average Bonchev–Trinajstić information content (AvgIpc) is 3.72. The Bertz CT molecular complexity index is 1930. The van der Waals surface area contributed by atoms with Crippen molar-refractivity contribution in [1.29, 1.82) is 0 Å². The van der Waals surface area contributed by atoms with E-state index in [0.717, 1.165) is 0 Å². The van der Waals surface area contributed by atoms with Gasteiger partial charge in [0.15, 0.2) is 12.5 Å². The molecule has 2 bridgehead atoms. The number of imidazole rings is 2. The quantitative estimate of drug-likeness (QED) is 0.211. The van der Waals surface area contributed by atoms with Crippen LogP contribution in [0.2, 0.25) is 20.1 Å². The number of aliphatic hydroxyl groups excluding tert-OH is 2. The molecule has 2 aromatic carbocycles. The molecule has 0 saturated carbocycles. The van der Waals surface area contributed by atoms with Crippen molar-refractivity contribution in [2.75, 3.05) is 13.2 Å². The molecule has 10 unspecified atom stereocenters. The van der Waals surface area contributed by atoms with E-state index in [9.17, 15) is 29.1 Å². The molecule has 10 atom stereocenters. The van der Waals surface area contributed by atoms with Crippen molar-refractivity contribution in [3.05, 3.63) is 57.0 Å². The summed E-state index contributed by atoms with van der Waals surface area (Å²) >= 11 is 24.5. The third kappa shape index (κ3) is 6.03. The summed E-state index contributed by atoms with van der Waals surface area (Å²) in [5.74, 6) is 0. The topological polar surface area (TPSA) is 206 Å². The minimum atomic E-state index is -5.05. The average molecular weight is 762 g/mol. The highest BCUT2D eigenvalue weighted by molar-refractivity contribution is 7.47. The Labute approximate surface area is 278 Å². The molecule has 16 nitrogen and oxygen atoms in total. The largest absolute Gasteiger partial charge is 0.472 e. The van der Waals surface area contributed by atoms with Crippen LogP contribution in [0.1, 0.15) is 12.5 Å². The smallest absolute Gasteiger partial charge is 0.387 e. The Hall–Kier alpha value is -1.40. The Balaban J connectivity index is 1.20. The first-order chi connectivity index (χ1) is 21.7. The van der Waals surface area contributed by atoms with Gasteiger partial charge in [0.25, 0.3) is 0 Å². The van der Waals surface area contributed by atoms with E-state index in [0.29, 0.717) is 22.1 Å². The minimum absolute atomic E-state index is 0.172. The van der Waals surface area contributed by atoms with E-state index >= 15 is 0 Å². The number of hydrogen-bond acceptors (Lipinski definition) is 12. The molecule has 3 aliphatic rings. The second kappa shape index (κ2) is 12.2. The van der Waals surface area contributed by atoms with Crippen LogP contribution < -0.4 is 0 Å². The van der Waals surface area contributed by atoms with Crippen LogP contribution in [0.4, 0.5) is 0 Å². The zero-order valence-electron chi connectivity index (χ0n) is 22.7. The zero-order valence-corrected chi connectivity index (χ0v) is 27.6. The van der Waals surface area contributed by atoms with Gasteiger partial charge in [0.2, 0.25) is 0 Å². The van der Waals surface area contributed by atoms with Crippen molar-refractivity contribution >= 4 is 84.1 Å². The van der Waals surface area contributed by atoms with Gasteiger partial charge >= 0.3 is 15.6 Å². The first-order valence-corrected chi connectivity index (χ1v) is 17.8. The van der Waals surface area contributed by atoms with Gasteiger partial charge in [-0.3, -0.25) is 18.1 Å². The molecule has 0 aliphatic carbocycles. The Morgan fingerprint density at radius 3 is 1.70 bits per heavy atom. The van der Waals surface area contributed by atoms with Crippen molar-refractivity contribution in [3.63, 3.8) is 0 Å². The molecule has 4 N–H and O–H groups in total. The van der Waals surface area contributed by atoms with Crippen molar-refractivity contribution in [2.24, 2.45) is 0 Å². The fourth-order valence-electron chi connectivity index (χ4n) is 5.56. The molecule has 7 rings (SSSR count). The Morgan fingerprint density at radius 2 is 1.13 bits per heavy atom. The SMILES string of the molecule is O=P1(O)OCC2OC(n3cnc4cc(Cl)c(Cl)cc43)C(OP(=O)(O)OCC3OC(n4cnc5cc(Cl)c(Cl)cc54)C(O)C3O1)C2O. The highest BCUT2D eigenvalue weighted by Crippen LogP contribution is 2.54. The summed E-state index contributed by atoms with van der Waals surface area (Å²) < 4.78 is 62.1. The molecule has 5 heterocycles. The van der Waals surface area contributed by atoms with Crippen LogP contribution in [0.25, 0.3) is 22.1 Å². The molecule has 4 aromatic rings. The van der Waals surface area contributed by atoms with Crippen LogP contribution in [0, 0.1) is 0 Å². The van der Waals surface area contributed by atoms with Crippen molar-refractivity contribution in [2.45, 2.75) is 49.1 Å². The number of hydrogen-bond donors (Lipinski definition) is 4. The van der Waals surface area contributed by atoms with E-state index in [4.69, 9.17) is 74.0 Å². The number of fused-ring (bicyclic) bond motifs is 5. The summed E-state index contributed by atoms with van der Waals surface area (Å²) in [6.07, 6.45) is -9.38. The molecule has 0 spiro atoms. The lowest BCUT2D eigenvalue weighted by molar-refractivity contribution is -0.0670. The number of phosphoric ester groups is 2. The molecule has 3 fully saturated rings. The molecule has 0 amide bonds. The third-order valence-electron chi connectivity index (χ3n) is 7.72. The maximum absolute atomic E-state index is 13.3. The van der Waals surface area contributed by atoms with E-state index in [2.05, 4.69) is 9.97 Å². The second-order valence-corrected chi connectivity index (χ2v) is 15.0. The molecular weight excluding hydrogens is 740 g/mol. The van der Waals surface area contributed by atoms with Crippen molar-refractivity contribution in [1.82, 2.24) is 19.1 Å². The fraction of sp³-hybridized carbons (Fsp3) is 0.417. The zero-order chi connectivity index (χ0) is 32.7. The van der Waals surface area contributed by atoms with Crippen LogP contribution in [0.5, 0.6) is 0 Å². The predicted octanol–water partition coefficient (Wildman–Crippen LogP) is 4.23. The first kappa shape index (κ1) is 33.1. The van der Waals surface area contributed by atoms with Gasteiger partial charge in [0.1, 0.15) is 36.6 Å². The normalized spacial score (nSPS) is 37.2. The highest BCUT2D eigenvalue weighted by Gasteiger charge is 2.53. The van der Waals surface area contributed by atoms with Crippen LogP contribution in [0.15, 0.2) is 36.9 Å². The predicted molar refractivity (Wildman–Crippen MR) is 161 cm³/mol. The number of nitrogens with zero attached hydrogens (tertiary/aromatic N) is 4. The number of phosphoric acid groups is 2. The number of ether oxygens (including phenoxy) is 2. The minimum Gasteiger partial charge on any atom is -0.387 e. The summed E-state index contributed by atoms with van der Waals surface area (Å²) in [7, 11) is -10.1. The Kier molecular flexibility index (Phi) is 8.77. The lowest BCUT2D eigenvalue weighted by atomic mass is 10.1. The first-order valence-electron chi connectivity index (χ1n) is 13.3. The monoisotopic (exact) mass is 760 g/mol. The van der Waals surface area contributed by atoms with Gasteiger partial charge in [-0.2, -0.15) is 0 Å². The van der Waals surface area contributed by atoms with Gasteiger partial charge in [0.05, 0.1) is 68.0 Å². The number of rotatable bonds is 2. The number of halogens is 4. The summed E-state index contributed by atoms with van der Waals surface area (Å²) in [5, 5.41) is 23.1. The van der Waals surface area contributed by atoms with Gasteiger partial charge in [-0.05, 0) is 24.3 Å². The third-order valence-corrected chi connectivity index (χ3v) is 11.1. The molecule has 22 heteroatoms. The molecule has 0 radical (unpaired) electrons. The number of benzene rings is 2. The summed E-state index contributed by atoms with van der Waals surface area (Å²) in [5.41, 5.74) is 1.53. The van der Waals surface area contributed by atoms with Gasteiger partial charge in [-0.15, -0.1) is 0 Å². The van der Waals surface area contributed by atoms with Crippen molar-refractivity contribution < 1.29 is 56.7 Å². The lowest BCUT2D eigenvalue weighted by Gasteiger charge is -2.26. The number of aromatic nitrogens is 4. The second-order valence-electron chi connectivity index (χ2n) is 10.6. The van der Waals surface area contributed by atoms with E-state index in [1.54, 1.807) is 0 Å². The highest BCUT2D eigenvalue weighted by atomic mass is 35.5. The van der Waals surface area contributed by atoms with Crippen LogP contribution in [-0.4, -0.2) is 88.9 Å². The van der Waals surface area contributed by atoms with Crippen LogP contribution in [0.3, 0.4) is 0 Å². The summed E-state index contributed by atoms with van der Waals surface area (Å²) in [6, 6.07) is 5.93. The maximum Gasteiger partial charge on any atom is 0.472 e. The van der Waals surface area contributed by atoms with E-state index in [1.165, 1.54) is 46.1 Å². The molecule has 46 heavy (non-hydrogen) atoms. The molecular formula is C24H22Cl4N4O12P2. The van der Waals surface area contributed by atoms with E-state index < -0.39 is 77.9 Å². The molecule has 248 valence electrons. The lowest BCUT2D eigenvalue weighted by Crippen LogP contribution is -2.36. The summed E-state index contributed by atoms with van der Waals surface area (Å²) in [4.78, 5) is 29.9. The van der Waals surface area contributed by atoms with Crippen molar-refractivity contribution in [3.8, 4) is 0 Å². The molecule has 3 saturated heterocycles. The molecule has 2 aromatic heterocycles.